The molecule has 0 unspecified atom stereocenters. The highest BCUT2D eigenvalue weighted by atomic mass is 32.1. The SMILES string of the molecule is Cc1cc(CNCCC2CCCCC2)c(C)s1. The molecule has 0 radical (unpaired) electrons. The van der Waals surface area contributed by atoms with Gasteiger partial charge in [-0.05, 0) is 44.4 Å². The molecule has 0 spiro atoms. The number of hydrogen-bond donors (Lipinski definition) is 1. The van der Waals surface area contributed by atoms with E-state index in [1.54, 1.807) is 0 Å². The van der Waals surface area contributed by atoms with Crippen molar-refractivity contribution < 1.29 is 0 Å². The van der Waals surface area contributed by atoms with E-state index in [2.05, 4.69) is 25.2 Å². The fourth-order valence-corrected chi connectivity index (χ4v) is 3.81. The van der Waals surface area contributed by atoms with Gasteiger partial charge in [-0.3, -0.25) is 0 Å². The molecule has 1 aliphatic rings. The average Bonchev–Trinajstić information content (AvgIpc) is 2.65. The van der Waals surface area contributed by atoms with Crippen molar-refractivity contribution in [1.82, 2.24) is 5.32 Å². The Bertz CT molecular complexity index is 337. The molecule has 1 aromatic heterocycles. The Kier molecular flexibility index (Phi) is 5.05. The lowest BCUT2D eigenvalue weighted by Gasteiger charge is -2.21. The average molecular weight is 251 g/mol. The summed E-state index contributed by atoms with van der Waals surface area (Å²) < 4.78 is 0. The minimum Gasteiger partial charge on any atom is -0.313 e. The minimum atomic E-state index is 1.00. The van der Waals surface area contributed by atoms with Crippen molar-refractivity contribution in [3.63, 3.8) is 0 Å². The molecule has 0 amide bonds. The maximum atomic E-state index is 3.61. The Labute approximate surface area is 110 Å². The van der Waals surface area contributed by atoms with Crippen molar-refractivity contribution in [2.75, 3.05) is 6.54 Å². The van der Waals surface area contributed by atoms with Gasteiger partial charge in [0.2, 0.25) is 0 Å². The Morgan fingerprint density at radius 1 is 1.24 bits per heavy atom. The normalized spacial score (nSPS) is 17.5. The minimum absolute atomic E-state index is 1.00. The summed E-state index contributed by atoms with van der Waals surface area (Å²) in [5.74, 6) is 1.00. The molecule has 1 nitrogen and oxygen atoms in total. The maximum Gasteiger partial charge on any atom is 0.0216 e. The van der Waals surface area contributed by atoms with Crippen LogP contribution >= 0.6 is 11.3 Å². The monoisotopic (exact) mass is 251 g/mol. The fourth-order valence-electron chi connectivity index (χ4n) is 2.86. The van der Waals surface area contributed by atoms with E-state index < -0.39 is 0 Å². The highest BCUT2D eigenvalue weighted by molar-refractivity contribution is 7.12. The number of thiophene rings is 1. The van der Waals surface area contributed by atoms with Gasteiger partial charge in [0.1, 0.15) is 0 Å². The Balaban J connectivity index is 1.64. The predicted octanol–water partition coefficient (Wildman–Crippen LogP) is 4.42. The Hall–Kier alpha value is -0.340. The van der Waals surface area contributed by atoms with Gasteiger partial charge in [-0.25, -0.2) is 0 Å². The molecule has 0 saturated heterocycles. The summed E-state index contributed by atoms with van der Waals surface area (Å²) in [6.45, 7) is 6.68. The van der Waals surface area contributed by atoms with Gasteiger partial charge in [0.05, 0.1) is 0 Å². The molecule has 0 aromatic carbocycles. The molecule has 0 aliphatic heterocycles. The largest absolute Gasteiger partial charge is 0.313 e. The third-order valence-corrected chi connectivity index (χ3v) is 4.92. The van der Waals surface area contributed by atoms with Crippen LogP contribution < -0.4 is 5.32 Å². The van der Waals surface area contributed by atoms with Crippen LogP contribution in [-0.2, 0) is 6.54 Å². The lowest BCUT2D eigenvalue weighted by atomic mass is 9.87. The van der Waals surface area contributed by atoms with Crippen LogP contribution in [-0.4, -0.2) is 6.54 Å². The van der Waals surface area contributed by atoms with Gasteiger partial charge in [-0.15, -0.1) is 11.3 Å². The molecule has 1 saturated carbocycles. The summed E-state index contributed by atoms with van der Waals surface area (Å²) in [5, 5.41) is 3.61. The highest BCUT2D eigenvalue weighted by Crippen LogP contribution is 2.26. The number of hydrogen-bond acceptors (Lipinski definition) is 2. The summed E-state index contributed by atoms with van der Waals surface area (Å²) in [7, 11) is 0. The molecule has 1 N–H and O–H groups in total. The van der Waals surface area contributed by atoms with E-state index in [0.29, 0.717) is 0 Å². The maximum absolute atomic E-state index is 3.61. The third kappa shape index (κ3) is 4.11. The van der Waals surface area contributed by atoms with E-state index in [4.69, 9.17) is 0 Å². The lowest BCUT2D eigenvalue weighted by Crippen LogP contribution is -2.19. The summed E-state index contributed by atoms with van der Waals surface area (Å²) in [4.78, 5) is 2.92. The molecular weight excluding hydrogens is 226 g/mol. The van der Waals surface area contributed by atoms with Crippen molar-refractivity contribution in [2.24, 2.45) is 5.92 Å². The van der Waals surface area contributed by atoms with Crippen LogP contribution in [0.2, 0.25) is 0 Å². The van der Waals surface area contributed by atoms with Crippen LogP contribution in [0.5, 0.6) is 0 Å². The van der Waals surface area contributed by atoms with E-state index in [0.717, 1.165) is 12.5 Å². The second kappa shape index (κ2) is 6.55. The summed E-state index contributed by atoms with van der Waals surface area (Å²) >= 11 is 1.92. The number of nitrogens with one attached hydrogen (secondary N) is 1. The van der Waals surface area contributed by atoms with Crippen LogP contribution in [0.3, 0.4) is 0 Å². The smallest absolute Gasteiger partial charge is 0.0216 e. The Morgan fingerprint density at radius 3 is 2.65 bits per heavy atom. The van der Waals surface area contributed by atoms with Crippen molar-refractivity contribution in [3.05, 3.63) is 21.4 Å². The van der Waals surface area contributed by atoms with Gasteiger partial charge in [-0.2, -0.15) is 0 Å². The van der Waals surface area contributed by atoms with Gasteiger partial charge >= 0.3 is 0 Å². The second-order valence-electron chi connectivity index (χ2n) is 5.41. The van der Waals surface area contributed by atoms with Crippen molar-refractivity contribution in [1.29, 1.82) is 0 Å². The zero-order valence-corrected chi connectivity index (χ0v) is 12.0. The Morgan fingerprint density at radius 2 is 2.00 bits per heavy atom. The van der Waals surface area contributed by atoms with Gasteiger partial charge in [0.25, 0.3) is 0 Å². The molecular formula is C15H25NS. The molecule has 2 rings (SSSR count). The van der Waals surface area contributed by atoms with Crippen LogP contribution in [0.15, 0.2) is 6.07 Å². The van der Waals surface area contributed by atoms with Crippen LogP contribution in [0, 0.1) is 19.8 Å². The zero-order valence-electron chi connectivity index (χ0n) is 11.2. The zero-order chi connectivity index (χ0) is 12.1. The molecule has 1 aromatic rings. The number of rotatable bonds is 5. The van der Waals surface area contributed by atoms with E-state index in [1.807, 2.05) is 11.3 Å². The quantitative estimate of drug-likeness (QED) is 0.764. The topological polar surface area (TPSA) is 12.0 Å². The summed E-state index contributed by atoms with van der Waals surface area (Å²) in [6.07, 6.45) is 8.72. The molecule has 0 atom stereocenters. The van der Waals surface area contributed by atoms with Crippen LogP contribution in [0.4, 0.5) is 0 Å². The highest BCUT2D eigenvalue weighted by Gasteiger charge is 2.12. The van der Waals surface area contributed by atoms with Gasteiger partial charge in [-0.1, -0.05) is 32.1 Å². The summed E-state index contributed by atoms with van der Waals surface area (Å²) in [6, 6.07) is 2.33. The van der Waals surface area contributed by atoms with Crippen LogP contribution in [0.1, 0.15) is 53.8 Å². The molecule has 17 heavy (non-hydrogen) atoms. The molecule has 1 fully saturated rings. The molecule has 1 heterocycles. The molecule has 0 bridgehead atoms. The van der Waals surface area contributed by atoms with Gasteiger partial charge in [0, 0.05) is 16.3 Å². The fraction of sp³-hybridized carbons (Fsp3) is 0.733. The van der Waals surface area contributed by atoms with E-state index >= 15 is 0 Å². The lowest BCUT2D eigenvalue weighted by molar-refractivity contribution is 0.334. The van der Waals surface area contributed by atoms with Gasteiger partial charge in [0.15, 0.2) is 0 Å². The summed E-state index contributed by atoms with van der Waals surface area (Å²) in [5.41, 5.74) is 1.50. The van der Waals surface area contributed by atoms with Gasteiger partial charge < -0.3 is 5.32 Å². The third-order valence-electron chi connectivity index (χ3n) is 3.91. The molecule has 2 heteroatoms. The van der Waals surface area contributed by atoms with E-state index in [9.17, 15) is 0 Å². The van der Waals surface area contributed by atoms with Crippen molar-refractivity contribution in [3.8, 4) is 0 Å². The van der Waals surface area contributed by atoms with E-state index in [1.165, 1.54) is 60.4 Å². The molecule has 96 valence electrons. The van der Waals surface area contributed by atoms with Crippen LogP contribution in [0.25, 0.3) is 0 Å². The van der Waals surface area contributed by atoms with Crippen molar-refractivity contribution in [2.45, 2.75) is 58.9 Å². The number of aryl methyl sites for hydroxylation is 2. The first-order valence-electron chi connectivity index (χ1n) is 7.02. The predicted molar refractivity (Wildman–Crippen MR) is 76.7 cm³/mol. The first kappa shape index (κ1) is 13.1. The first-order valence-corrected chi connectivity index (χ1v) is 7.84. The first-order chi connectivity index (χ1) is 8.25. The van der Waals surface area contributed by atoms with Crippen molar-refractivity contribution >= 4 is 11.3 Å². The molecule has 1 aliphatic carbocycles. The van der Waals surface area contributed by atoms with E-state index in [-0.39, 0.29) is 0 Å². The standard InChI is InChI=1S/C15H25NS/c1-12-10-15(13(2)17-12)11-16-9-8-14-6-4-3-5-7-14/h10,14,16H,3-9,11H2,1-2H3. The second-order valence-corrected chi connectivity index (χ2v) is 6.87.